The number of fused-ring (bicyclic) bond motifs is 1. The molecule has 1 aromatic heterocycles. The molecule has 1 aliphatic carbocycles. The maximum atomic E-state index is 12.1. The maximum Gasteiger partial charge on any atom is 0.230 e. The van der Waals surface area contributed by atoms with Crippen LogP contribution < -0.4 is 5.32 Å². The third-order valence-corrected chi connectivity index (χ3v) is 5.05. The van der Waals surface area contributed by atoms with E-state index in [1.807, 2.05) is 6.07 Å². The van der Waals surface area contributed by atoms with Crippen LogP contribution in [0.2, 0.25) is 0 Å². The van der Waals surface area contributed by atoms with Gasteiger partial charge in [-0.3, -0.25) is 4.79 Å². The Balaban J connectivity index is 1.53. The molecule has 1 fully saturated rings. The molecule has 1 saturated carbocycles. The van der Waals surface area contributed by atoms with E-state index in [0.717, 1.165) is 29.0 Å². The monoisotopic (exact) mass is 317 g/mol. The normalized spacial score (nSPS) is 16.6. The molecule has 22 heavy (non-hydrogen) atoms. The van der Waals surface area contributed by atoms with Crippen molar-refractivity contribution in [2.75, 3.05) is 5.75 Å². The smallest absolute Gasteiger partial charge is 0.230 e. The molecule has 0 radical (unpaired) electrons. The van der Waals surface area contributed by atoms with Gasteiger partial charge in [-0.05, 0) is 37.5 Å². The van der Waals surface area contributed by atoms with Gasteiger partial charge in [0.1, 0.15) is 0 Å². The number of imidazole rings is 1. The molecule has 118 valence electrons. The molecule has 5 heteroatoms. The molecule has 4 nitrogen and oxygen atoms in total. The second-order valence-corrected chi connectivity index (χ2v) is 7.07. The Labute approximate surface area is 135 Å². The predicted octanol–water partition coefficient (Wildman–Crippen LogP) is 3.80. The summed E-state index contributed by atoms with van der Waals surface area (Å²) in [5, 5.41) is 3.99. The predicted molar refractivity (Wildman–Crippen MR) is 91.2 cm³/mol. The summed E-state index contributed by atoms with van der Waals surface area (Å²) in [6, 6.07) is 6.51. The zero-order valence-electron chi connectivity index (χ0n) is 13.0. The lowest BCUT2D eigenvalue weighted by Crippen LogP contribution is -2.35. The number of carbonyl (C=O) groups excluding carboxylic acids is 1. The molecule has 3 rings (SSSR count). The lowest BCUT2D eigenvalue weighted by molar-refractivity contribution is -0.119. The quantitative estimate of drug-likeness (QED) is 0.666. The Morgan fingerprint density at radius 3 is 2.86 bits per heavy atom. The molecule has 1 aliphatic rings. The second kappa shape index (κ2) is 7.18. The Bertz CT molecular complexity index is 644. The average molecular weight is 317 g/mol. The van der Waals surface area contributed by atoms with Crippen molar-refractivity contribution in [3.63, 3.8) is 0 Å². The van der Waals surface area contributed by atoms with Crippen LogP contribution in [-0.2, 0) is 4.79 Å². The van der Waals surface area contributed by atoms with Gasteiger partial charge in [0.15, 0.2) is 5.16 Å². The summed E-state index contributed by atoms with van der Waals surface area (Å²) < 4.78 is 0. The fourth-order valence-electron chi connectivity index (χ4n) is 3.00. The van der Waals surface area contributed by atoms with Gasteiger partial charge in [-0.15, -0.1) is 0 Å². The second-order valence-electron chi connectivity index (χ2n) is 6.11. The van der Waals surface area contributed by atoms with Gasteiger partial charge in [0, 0.05) is 6.04 Å². The number of nitrogens with one attached hydrogen (secondary N) is 2. The summed E-state index contributed by atoms with van der Waals surface area (Å²) in [4.78, 5) is 19.9. The lowest BCUT2D eigenvalue weighted by Gasteiger charge is -2.15. The number of carbonyl (C=O) groups is 1. The molecule has 0 atom stereocenters. The fraction of sp³-hybridized carbons (Fsp3) is 0.529. The Kier molecular flexibility index (Phi) is 5.03. The zero-order valence-corrected chi connectivity index (χ0v) is 13.8. The number of hydrogen-bond acceptors (Lipinski definition) is 3. The van der Waals surface area contributed by atoms with Crippen LogP contribution in [0.4, 0.5) is 0 Å². The summed E-state index contributed by atoms with van der Waals surface area (Å²) in [5.74, 6) is 0.545. The number of amides is 1. The van der Waals surface area contributed by atoms with Gasteiger partial charge < -0.3 is 10.3 Å². The van der Waals surface area contributed by atoms with Gasteiger partial charge in [0.05, 0.1) is 16.8 Å². The van der Waals surface area contributed by atoms with Crippen LogP contribution in [0.5, 0.6) is 0 Å². The van der Waals surface area contributed by atoms with E-state index < -0.39 is 0 Å². The molecule has 0 unspecified atom stereocenters. The summed E-state index contributed by atoms with van der Waals surface area (Å²) in [6.07, 6.45) is 7.34. The molecule has 2 N–H and O–H groups in total. The summed E-state index contributed by atoms with van der Waals surface area (Å²) >= 11 is 1.48. The summed E-state index contributed by atoms with van der Waals surface area (Å²) in [7, 11) is 0. The van der Waals surface area contributed by atoms with Crippen molar-refractivity contribution in [1.29, 1.82) is 0 Å². The van der Waals surface area contributed by atoms with E-state index in [0.29, 0.717) is 11.8 Å². The van der Waals surface area contributed by atoms with E-state index in [1.54, 1.807) is 0 Å². The van der Waals surface area contributed by atoms with Gasteiger partial charge in [-0.2, -0.15) is 0 Å². The van der Waals surface area contributed by atoms with Crippen molar-refractivity contribution >= 4 is 28.7 Å². The van der Waals surface area contributed by atoms with Crippen LogP contribution in [0.3, 0.4) is 0 Å². The third kappa shape index (κ3) is 4.03. The van der Waals surface area contributed by atoms with Crippen LogP contribution in [0.1, 0.15) is 44.1 Å². The van der Waals surface area contributed by atoms with Gasteiger partial charge in [-0.25, -0.2) is 4.98 Å². The van der Waals surface area contributed by atoms with Crippen molar-refractivity contribution in [3.05, 3.63) is 23.8 Å². The number of nitrogens with zero attached hydrogens (tertiary/aromatic N) is 1. The average Bonchev–Trinajstić information content (AvgIpc) is 2.72. The highest BCUT2D eigenvalue weighted by molar-refractivity contribution is 7.99. The minimum Gasteiger partial charge on any atom is -0.353 e. The fourth-order valence-corrected chi connectivity index (χ4v) is 3.69. The number of aryl methyl sites for hydroxylation is 1. The Morgan fingerprint density at radius 1 is 1.32 bits per heavy atom. The van der Waals surface area contributed by atoms with Crippen molar-refractivity contribution < 1.29 is 4.79 Å². The third-order valence-electron chi connectivity index (χ3n) is 4.18. The SMILES string of the molecule is Cc1ccc2nc(SCC(=O)NC3CCCCCC3)[nH]c2c1. The summed E-state index contributed by atoms with van der Waals surface area (Å²) in [5.41, 5.74) is 3.20. The number of rotatable bonds is 4. The number of aromatic amines is 1. The van der Waals surface area contributed by atoms with E-state index in [2.05, 4.69) is 34.3 Å². The minimum atomic E-state index is 0.119. The molecule has 2 aromatic rings. The number of thioether (sulfide) groups is 1. The number of hydrogen-bond donors (Lipinski definition) is 2. The molecule has 0 bridgehead atoms. The van der Waals surface area contributed by atoms with Crippen molar-refractivity contribution in [1.82, 2.24) is 15.3 Å². The van der Waals surface area contributed by atoms with E-state index in [-0.39, 0.29) is 5.91 Å². The van der Waals surface area contributed by atoms with Crippen LogP contribution in [-0.4, -0.2) is 27.7 Å². The number of benzene rings is 1. The highest BCUT2D eigenvalue weighted by Gasteiger charge is 2.15. The molecular weight excluding hydrogens is 294 g/mol. The van der Waals surface area contributed by atoms with Crippen LogP contribution >= 0.6 is 11.8 Å². The van der Waals surface area contributed by atoms with Crippen molar-refractivity contribution in [2.24, 2.45) is 0 Å². The molecular formula is C17H23N3OS. The molecule has 0 aliphatic heterocycles. The first kappa shape index (κ1) is 15.4. The van der Waals surface area contributed by atoms with Crippen LogP contribution in [0, 0.1) is 6.92 Å². The molecule has 1 amide bonds. The largest absolute Gasteiger partial charge is 0.353 e. The first-order valence-electron chi connectivity index (χ1n) is 8.09. The topological polar surface area (TPSA) is 57.8 Å². The van der Waals surface area contributed by atoms with Crippen LogP contribution in [0.25, 0.3) is 11.0 Å². The molecule has 0 saturated heterocycles. The number of H-pyrrole nitrogens is 1. The lowest BCUT2D eigenvalue weighted by atomic mass is 10.1. The molecule has 1 heterocycles. The van der Waals surface area contributed by atoms with Crippen molar-refractivity contribution in [3.8, 4) is 0 Å². The Hall–Kier alpha value is -1.49. The summed E-state index contributed by atoms with van der Waals surface area (Å²) in [6.45, 7) is 2.06. The van der Waals surface area contributed by atoms with Gasteiger partial charge in [-0.1, -0.05) is 43.5 Å². The minimum absolute atomic E-state index is 0.119. The first-order chi connectivity index (χ1) is 10.7. The molecule has 1 aromatic carbocycles. The van der Waals surface area contributed by atoms with E-state index in [4.69, 9.17) is 0 Å². The van der Waals surface area contributed by atoms with E-state index in [9.17, 15) is 4.79 Å². The van der Waals surface area contributed by atoms with E-state index in [1.165, 1.54) is 43.0 Å². The zero-order chi connectivity index (χ0) is 15.4. The maximum absolute atomic E-state index is 12.1. The van der Waals surface area contributed by atoms with E-state index >= 15 is 0 Å². The van der Waals surface area contributed by atoms with Gasteiger partial charge in [0.2, 0.25) is 5.91 Å². The molecule has 0 spiro atoms. The standard InChI is InChI=1S/C17H23N3OS/c1-12-8-9-14-15(10-12)20-17(19-14)22-11-16(21)18-13-6-4-2-3-5-7-13/h8-10,13H,2-7,11H2,1H3,(H,18,21)(H,19,20). The van der Waals surface area contributed by atoms with Crippen LogP contribution in [0.15, 0.2) is 23.4 Å². The van der Waals surface area contributed by atoms with Gasteiger partial charge >= 0.3 is 0 Å². The van der Waals surface area contributed by atoms with Crippen molar-refractivity contribution in [2.45, 2.75) is 56.6 Å². The number of aromatic nitrogens is 2. The Morgan fingerprint density at radius 2 is 2.09 bits per heavy atom. The highest BCUT2D eigenvalue weighted by Crippen LogP contribution is 2.21. The highest BCUT2D eigenvalue weighted by atomic mass is 32.2. The van der Waals surface area contributed by atoms with Gasteiger partial charge in [0.25, 0.3) is 0 Å². The first-order valence-corrected chi connectivity index (χ1v) is 9.08.